The fourth-order valence-corrected chi connectivity index (χ4v) is 3.33. The molecule has 0 radical (unpaired) electrons. The largest absolute Gasteiger partial charge is 0.492 e. The molecule has 2 atom stereocenters. The highest BCUT2D eigenvalue weighted by Gasteiger charge is 2.34. The van der Waals surface area contributed by atoms with Gasteiger partial charge in [-0.3, -0.25) is 4.79 Å². The second-order valence-electron chi connectivity index (χ2n) is 5.23. The first-order valence-corrected chi connectivity index (χ1v) is 8.06. The minimum Gasteiger partial charge on any atom is -0.492 e. The summed E-state index contributed by atoms with van der Waals surface area (Å²) in [6.07, 6.45) is 0.765. The van der Waals surface area contributed by atoms with Crippen LogP contribution < -0.4 is 4.74 Å². The van der Waals surface area contributed by atoms with E-state index in [2.05, 4.69) is 15.9 Å². The van der Waals surface area contributed by atoms with Gasteiger partial charge >= 0.3 is 0 Å². The summed E-state index contributed by atoms with van der Waals surface area (Å²) in [6, 6.07) is 8.09. The van der Waals surface area contributed by atoms with E-state index in [4.69, 9.17) is 9.47 Å². The van der Waals surface area contributed by atoms with Crippen molar-refractivity contribution in [3.05, 3.63) is 29.8 Å². The van der Waals surface area contributed by atoms with Gasteiger partial charge in [-0.05, 0) is 18.1 Å². The van der Waals surface area contributed by atoms with Gasteiger partial charge in [0.1, 0.15) is 12.4 Å². The summed E-state index contributed by atoms with van der Waals surface area (Å²) in [4.78, 5) is 14.6. The number of morpholine rings is 1. The number of rotatable bonds is 2. The van der Waals surface area contributed by atoms with Crippen LogP contribution in [0.15, 0.2) is 24.3 Å². The SMILES string of the molecule is O=C(C1COc2ccccc2C1)N1CCOCC1CBr. The number of para-hydroxylation sites is 1. The number of fused-ring (bicyclic) bond motifs is 1. The van der Waals surface area contributed by atoms with E-state index in [-0.39, 0.29) is 17.9 Å². The van der Waals surface area contributed by atoms with Crippen LogP contribution in [0.5, 0.6) is 5.75 Å². The summed E-state index contributed by atoms with van der Waals surface area (Å²) in [5.74, 6) is 1.02. The summed E-state index contributed by atoms with van der Waals surface area (Å²) < 4.78 is 11.2. The standard InChI is InChI=1S/C15H18BrNO3/c16-8-13-10-19-6-5-17(13)15(18)12-7-11-3-1-2-4-14(11)20-9-12/h1-4,12-13H,5-10H2. The number of hydrogen-bond acceptors (Lipinski definition) is 3. The Morgan fingerprint density at radius 1 is 1.35 bits per heavy atom. The zero-order valence-electron chi connectivity index (χ0n) is 11.3. The van der Waals surface area contributed by atoms with Gasteiger partial charge in [0.15, 0.2) is 0 Å². The number of carbonyl (C=O) groups is 1. The van der Waals surface area contributed by atoms with Crippen molar-refractivity contribution in [1.82, 2.24) is 4.90 Å². The van der Waals surface area contributed by atoms with Crippen LogP contribution in [0, 0.1) is 5.92 Å². The van der Waals surface area contributed by atoms with Crippen molar-refractivity contribution in [3.8, 4) is 5.75 Å². The molecule has 1 aromatic carbocycles. The minimum absolute atomic E-state index is 0.0791. The average molecular weight is 340 g/mol. The van der Waals surface area contributed by atoms with Crippen molar-refractivity contribution in [2.75, 3.05) is 31.7 Å². The van der Waals surface area contributed by atoms with Crippen LogP contribution in [-0.4, -0.2) is 48.5 Å². The molecule has 0 saturated carbocycles. The Bertz CT molecular complexity index is 494. The lowest BCUT2D eigenvalue weighted by molar-refractivity contribution is -0.144. The highest BCUT2D eigenvalue weighted by molar-refractivity contribution is 9.09. The molecule has 1 amide bonds. The van der Waals surface area contributed by atoms with Gasteiger partial charge in [0.25, 0.3) is 0 Å². The van der Waals surface area contributed by atoms with E-state index in [9.17, 15) is 4.79 Å². The monoisotopic (exact) mass is 339 g/mol. The van der Waals surface area contributed by atoms with E-state index < -0.39 is 0 Å². The zero-order valence-corrected chi connectivity index (χ0v) is 12.8. The van der Waals surface area contributed by atoms with Gasteiger partial charge in [-0.25, -0.2) is 0 Å². The Hall–Kier alpha value is -1.07. The molecule has 1 fully saturated rings. The fraction of sp³-hybridized carbons (Fsp3) is 0.533. The Morgan fingerprint density at radius 2 is 2.20 bits per heavy atom. The molecule has 1 aromatic rings. The molecule has 2 unspecified atom stereocenters. The maximum Gasteiger partial charge on any atom is 0.229 e. The first kappa shape index (κ1) is 13.9. The van der Waals surface area contributed by atoms with Crippen LogP contribution in [-0.2, 0) is 16.0 Å². The van der Waals surface area contributed by atoms with Gasteiger partial charge in [-0.15, -0.1) is 0 Å². The highest BCUT2D eigenvalue weighted by atomic mass is 79.9. The number of benzene rings is 1. The molecule has 5 heteroatoms. The summed E-state index contributed by atoms with van der Waals surface area (Å²) >= 11 is 3.46. The van der Waals surface area contributed by atoms with Gasteiger partial charge < -0.3 is 14.4 Å². The van der Waals surface area contributed by atoms with E-state index >= 15 is 0 Å². The predicted octanol–water partition coefficient (Wildman–Crippen LogP) is 1.86. The van der Waals surface area contributed by atoms with Crippen LogP contribution >= 0.6 is 15.9 Å². The normalized spacial score (nSPS) is 25.8. The molecule has 0 aromatic heterocycles. The molecule has 0 N–H and O–H groups in total. The minimum atomic E-state index is -0.0791. The maximum atomic E-state index is 12.7. The quantitative estimate of drug-likeness (QED) is 0.772. The van der Waals surface area contributed by atoms with Crippen LogP contribution in [0.4, 0.5) is 0 Å². The number of amides is 1. The smallest absolute Gasteiger partial charge is 0.229 e. The molecular weight excluding hydrogens is 322 g/mol. The summed E-state index contributed by atoms with van der Waals surface area (Å²) in [5.41, 5.74) is 1.13. The number of alkyl halides is 1. The molecule has 3 rings (SSSR count). The first-order chi connectivity index (χ1) is 9.79. The number of ether oxygens (including phenoxy) is 2. The van der Waals surface area contributed by atoms with Crippen molar-refractivity contribution in [1.29, 1.82) is 0 Å². The lowest BCUT2D eigenvalue weighted by atomic mass is 9.95. The van der Waals surface area contributed by atoms with Crippen LogP contribution in [0.3, 0.4) is 0 Å². The van der Waals surface area contributed by atoms with E-state index in [1.54, 1.807) is 0 Å². The van der Waals surface area contributed by atoms with Crippen LogP contribution in [0.1, 0.15) is 5.56 Å². The van der Waals surface area contributed by atoms with Gasteiger partial charge in [0.2, 0.25) is 5.91 Å². The molecular formula is C15H18BrNO3. The van der Waals surface area contributed by atoms with Crippen LogP contribution in [0.2, 0.25) is 0 Å². The van der Waals surface area contributed by atoms with Crippen molar-refractivity contribution in [2.45, 2.75) is 12.5 Å². The van der Waals surface area contributed by atoms with Gasteiger partial charge in [0, 0.05) is 11.9 Å². The molecule has 2 aliphatic rings. The lowest BCUT2D eigenvalue weighted by Crippen LogP contribution is -2.53. The Balaban J connectivity index is 1.72. The topological polar surface area (TPSA) is 38.8 Å². The Morgan fingerprint density at radius 3 is 3.05 bits per heavy atom. The maximum absolute atomic E-state index is 12.7. The number of hydrogen-bond donors (Lipinski definition) is 0. The second kappa shape index (κ2) is 6.14. The third-order valence-electron chi connectivity index (χ3n) is 3.92. The summed E-state index contributed by atoms with van der Waals surface area (Å²) in [5, 5.41) is 0.753. The average Bonchev–Trinajstić information content (AvgIpc) is 2.53. The van der Waals surface area contributed by atoms with Crippen molar-refractivity contribution >= 4 is 21.8 Å². The van der Waals surface area contributed by atoms with Gasteiger partial charge in [0.05, 0.1) is 25.2 Å². The summed E-state index contributed by atoms with van der Waals surface area (Å²) in [7, 11) is 0. The second-order valence-corrected chi connectivity index (χ2v) is 5.88. The zero-order chi connectivity index (χ0) is 13.9. The summed E-state index contributed by atoms with van der Waals surface area (Å²) in [6.45, 7) is 2.38. The van der Waals surface area contributed by atoms with Crippen molar-refractivity contribution < 1.29 is 14.3 Å². The molecule has 108 valence electrons. The van der Waals surface area contributed by atoms with Crippen molar-refractivity contribution in [3.63, 3.8) is 0 Å². The first-order valence-electron chi connectivity index (χ1n) is 6.94. The van der Waals surface area contributed by atoms with E-state index in [1.807, 2.05) is 29.2 Å². The highest BCUT2D eigenvalue weighted by Crippen LogP contribution is 2.28. The number of carbonyl (C=O) groups excluding carboxylic acids is 1. The number of nitrogens with zero attached hydrogens (tertiary/aromatic N) is 1. The molecule has 0 aliphatic carbocycles. The Kier molecular flexibility index (Phi) is 4.27. The molecule has 4 nitrogen and oxygen atoms in total. The predicted molar refractivity (Wildman–Crippen MR) is 79.2 cm³/mol. The van der Waals surface area contributed by atoms with E-state index in [0.717, 1.165) is 23.1 Å². The fourth-order valence-electron chi connectivity index (χ4n) is 2.79. The van der Waals surface area contributed by atoms with Crippen LogP contribution in [0.25, 0.3) is 0 Å². The van der Waals surface area contributed by atoms with Gasteiger partial charge in [-0.2, -0.15) is 0 Å². The third kappa shape index (κ3) is 2.69. The molecule has 20 heavy (non-hydrogen) atoms. The lowest BCUT2D eigenvalue weighted by Gasteiger charge is -2.37. The molecule has 0 bridgehead atoms. The molecule has 2 aliphatic heterocycles. The molecule has 0 spiro atoms. The van der Waals surface area contributed by atoms with Crippen molar-refractivity contribution in [2.24, 2.45) is 5.92 Å². The van der Waals surface area contributed by atoms with E-state index in [1.165, 1.54) is 0 Å². The molecule has 2 heterocycles. The Labute approximate surface area is 127 Å². The van der Waals surface area contributed by atoms with E-state index in [0.29, 0.717) is 26.4 Å². The third-order valence-corrected chi connectivity index (χ3v) is 4.66. The number of halogens is 1. The van der Waals surface area contributed by atoms with Gasteiger partial charge in [-0.1, -0.05) is 34.1 Å². The molecule has 1 saturated heterocycles.